The van der Waals surface area contributed by atoms with E-state index in [-0.39, 0.29) is 24.8 Å². The fourth-order valence-electron chi connectivity index (χ4n) is 3.55. The summed E-state index contributed by atoms with van der Waals surface area (Å²) in [5.41, 5.74) is 1.68. The van der Waals surface area contributed by atoms with E-state index in [1.165, 1.54) is 0 Å². The van der Waals surface area contributed by atoms with E-state index in [0.29, 0.717) is 40.9 Å². The van der Waals surface area contributed by atoms with E-state index in [2.05, 4.69) is 5.32 Å². The first-order valence-electron chi connectivity index (χ1n) is 11.1. The summed E-state index contributed by atoms with van der Waals surface area (Å²) in [4.78, 5) is 27.8. The molecule has 180 valence electrons. The van der Waals surface area contributed by atoms with Crippen molar-refractivity contribution in [2.24, 2.45) is 0 Å². The minimum atomic E-state index is -0.596. The second kappa shape index (κ2) is 13.3. The van der Waals surface area contributed by atoms with Gasteiger partial charge in [0, 0.05) is 29.6 Å². The lowest BCUT2D eigenvalue weighted by Crippen LogP contribution is -2.49. The van der Waals surface area contributed by atoms with Gasteiger partial charge in [-0.1, -0.05) is 49.2 Å². The summed E-state index contributed by atoms with van der Waals surface area (Å²) < 4.78 is 10.6. The maximum Gasteiger partial charge on any atom is 0.242 e. The van der Waals surface area contributed by atoms with E-state index in [1.54, 1.807) is 37.3 Å². The maximum atomic E-state index is 13.4. The average Bonchev–Trinajstić information content (AvgIpc) is 2.82. The van der Waals surface area contributed by atoms with Crippen molar-refractivity contribution in [2.75, 3.05) is 20.8 Å². The molecule has 0 spiro atoms. The molecule has 2 aromatic rings. The number of nitrogens with zero attached hydrogens (tertiary/aromatic N) is 1. The molecular formula is C25H32Cl2N2O4. The van der Waals surface area contributed by atoms with Crippen LogP contribution in [0.3, 0.4) is 0 Å². The second-order valence-electron chi connectivity index (χ2n) is 7.66. The minimum absolute atomic E-state index is 0.130. The Morgan fingerprint density at radius 2 is 1.76 bits per heavy atom. The molecule has 1 unspecified atom stereocenters. The molecule has 0 aliphatic heterocycles. The third-order valence-electron chi connectivity index (χ3n) is 5.37. The zero-order chi connectivity index (χ0) is 24.4. The summed E-state index contributed by atoms with van der Waals surface area (Å²) in [6.07, 6.45) is 2.04. The Morgan fingerprint density at radius 1 is 1.03 bits per heavy atom. The van der Waals surface area contributed by atoms with Gasteiger partial charge >= 0.3 is 0 Å². The summed E-state index contributed by atoms with van der Waals surface area (Å²) in [6, 6.07) is 10.1. The standard InChI is InChI=1S/C25H32Cl2N2O4/c1-5-13-28-25(31)21(6-2)29(16-18-9-10-19(26)15-20(18)27)24(30)12-8-17-7-11-22(32-3)23(14-17)33-4/h7,9-11,14-15,21H,5-6,8,12-13,16H2,1-4H3,(H,28,31). The summed E-state index contributed by atoms with van der Waals surface area (Å²) in [7, 11) is 3.15. The van der Waals surface area contributed by atoms with E-state index >= 15 is 0 Å². The maximum absolute atomic E-state index is 13.4. The molecule has 2 rings (SSSR count). The van der Waals surface area contributed by atoms with Gasteiger partial charge in [0.1, 0.15) is 6.04 Å². The smallest absolute Gasteiger partial charge is 0.242 e. The van der Waals surface area contributed by atoms with Crippen molar-refractivity contribution >= 4 is 35.0 Å². The minimum Gasteiger partial charge on any atom is -0.493 e. The summed E-state index contributed by atoms with van der Waals surface area (Å²) in [5, 5.41) is 3.89. The third kappa shape index (κ3) is 7.54. The van der Waals surface area contributed by atoms with Crippen molar-refractivity contribution in [3.05, 3.63) is 57.6 Å². The topological polar surface area (TPSA) is 67.9 Å². The fraction of sp³-hybridized carbons (Fsp3) is 0.440. The van der Waals surface area contributed by atoms with E-state index in [4.69, 9.17) is 32.7 Å². The summed E-state index contributed by atoms with van der Waals surface area (Å²) in [6.45, 7) is 4.67. The molecule has 1 N–H and O–H groups in total. The molecule has 1 atom stereocenters. The van der Waals surface area contributed by atoms with Gasteiger partial charge in [0.25, 0.3) is 0 Å². The molecule has 0 aliphatic carbocycles. The van der Waals surface area contributed by atoms with Crippen molar-refractivity contribution in [2.45, 2.75) is 52.1 Å². The van der Waals surface area contributed by atoms with Crippen LogP contribution in [-0.2, 0) is 22.6 Å². The number of nitrogens with one attached hydrogen (secondary N) is 1. The van der Waals surface area contributed by atoms with Gasteiger partial charge in [-0.2, -0.15) is 0 Å². The van der Waals surface area contributed by atoms with Gasteiger partial charge < -0.3 is 19.7 Å². The highest BCUT2D eigenvalue weighted by Crippen LogP contribution is 2.28. The number of aryl methyl sites for hydroxylation is 1. The van der Waals surface area contributed by atoms with E-state index in [9.17, 15) is 9.59 Å². The van der Waals surface area contributed by atoms with Crippen LogP contribution in [0, 0.1) is 0 Å². The molecule has 33 heavy (non-hydrogen) atoms. The highest BCUT2D eigenvalue weighted by molar-refractivity contribution is 6.35. The van der Waals surface area contributed by atoms with Crippen LogP contribution in [0.15, 0.2) is 36.4 Å². The SMILES string of the molecule is CCCNC(=O)C(CC)N(Cc1ccc(Cl)cc1Cl)C(=O)CCc1ccc(OC)c(OC)c1. The number of amides is 2. The van der Waals surface area contributed by atoms with Crippen molar-refractivity contribution in [1.29, 1.82) is 0 Å². The number of carbonyl (C=O) groups excluding carboxylic acids is 2. The van der Waals surface area contributed by atoms with Crippen LogP contribution in [0.5, 0.6) is 11.5 Å². The normalized spacial score (nSPS) is 11.6. The Bertz CT molecular complexity index is 952. The monoisotopic (exact) mass is 494 g/mol. The first kappa shape index (κ1) is 26.8. The van der Waals surface area contributed by atoms with Gasteiger partial charge in [0.15, 0.2) is 11.5 Å². The summed E-state index contributed by atoms with van der Waals surface area (Å²) >= 11 is 12.4. The lowest BCUT2D eigenvalue weighted by atomic mass is 10.1. The predicted molar refractivity (Wildman–Crippen MR) is 132 cm³/mol. The van der Waals surface area contributed by atoms with E-state index < -0.39 is 6.04 Å². The number of benzene rings is 2. The first-order valence-corrected chi connectivity index (χ1v) is 11.8. The number of carbonyl (C=O) groups is 2. The fourth-order valence-corrected chi connectivity index (χ4v) is 4.02. The van der Waals surface area contributed by atoms with Crippen LogP contribution in [0.25, 0.3) is 0 Å². The largest absolute Gasteiger partial charge is 0.493 e. The number of rotatable bonds is 12. The molecule has 6 nitrogen and oxygen atoms in total. The van der Waals surface area contributed by atoms with Crippen LogP contribution in [0.2, 0.25) is 10.0 Å². The van der Waals surface area contributed by atoms with Crippen LogP contribution in [0.4, 0.5) is 0 Å². The van der Waals surface area contributed by atoms with Gasteiger partial charge in [-0.3, -0.25) is 9.59 Å². The van der Waals surface area contributed by atoms with Crippen LogP contribution in [-0.4, -0.2) is 43.5 Å². The lowest BCUT2D eigenvalue weighted by Gasteiger charge is -2.31. The molecule has 0 bridgehead atoms. The lowest BCUT2D eigenvalue weighted by molar-refractivity contribution is -0.141. The number of methoxy groups -OCH3 is 2. The number of halogens is 2. The van der Waals surface area contributed by atoms with Gasteiger partial charge in [0.2, 0.25) is 11.8 Å². The summed E-state index contributed by atoms with van der Waals surface area (Å²) in [5.74, 6) is 0.945. The second-order valence-corrected chi connectivity index (χ2v) is 8.51. The number of hydrogen-bond acceptors (Lipinski definition) is 4. The van der Waals surface area contributed by atoms with E-state index in [1.807, 2.05) is 32.0 Å². The number of hydrogen-bond donors (Lipinski definition) is 1. The zero-order valence-electron chi connectivity index (χ0n) is 19.6. The van der Waals surface area contributed by atoms with E-state index in [0.717, 1.165) is 17.5 Å². The Balaban J connectivity index is 2.25. The van der Waals surface area contributed by atoms with Gasteiger partial charge in [0.05, 0.1) is 14.2 Å². The van der Waals surface area contributed by atoms with Crippen LogP contribution in [0.1, 0.15) is 44.2 Å². The molecule has 0 radical (unpaired) electrons. The van der Waals surface area contributed by atoms with Crippen molar-refractivity contribution in [3.63, 3.8) is 0 Å². The highest BCUT2D eigenvalue weighted by atomic mass is 35.5. The molecule has 2 amide bonds. The Kier molecular flexibility index (Phi) is 10.8. The predicted octanol–water partition coefficient (Wildman–Crippen LogP) is 5.28. The van der Waals surface area contributed by atoms with Crippen molar-refractivity contribution < 1.29 is 19.1 Å². The molecule has 2 aromatic carbocycles. The first-order chi connectivity index (χ1) is 15.8. The number of ether oxygens (including phenoxy) is 2. The molecule has 8 heteroatoms. The molecule has 0 saturated heterocycles. The zero-order valence-corrected chi connectivity index (χ0v) is 21.1. The Hall–Kier alpha value is -2.44. The highest BCUT2D eigenvalue weighted by Gasteiger charge is 2.28. The molecule has 0 aromatic heterocycles. The van der Waals surface area contributed by atoms with Crippen molar-refractivity contribution in [1.82, 2.24) is 10.2 Å². The molecule has 0 heterocycles. The van der Waals surface area contributed by atoms with Crippen molar-refractivity contribution in [3.8, 4) is 11.5 Å². The molecular weight excluding hydrogens is 463 g/mol. The third-order valence-corrected chi connectivity index (χ3v) is 5.95. The molecule has 0 saturated carbocycles. The Morgan fingerprint density at radius 3 is 2.36 bits per heavy atom. The van der Waals surface area contributed by atoms with Gasteiger partial charge in [-0.15, -0.1) is 0 Å². The quantitative estimate of drug-likeness (QED) is 0.435. The van der Waals surface area contributed by atoms with Crippen LogP contribution >= 0.6 is 23.2 Å². The molecule has 0 aliphatic rings. The van der Waals surface area contributed by atoms with Gasteiger partial charge in [-0.25, -0.2) is 0 Å². The van der Waals surface area contributed by atoms with Gasteiger partial charge in [-0.05, 0) is 54.7 Å². The average molecular weight is 495 g/mol. The molecule has 0 fully saturated rings. The van der Waals surface area contributed by atoms with Crippen LogP contribution < -0.4 is 14.8 Å². The Labute approximate surface area is 206 Å².